The predicted octanol–water partition coefficient (Wildman–Crippen LogP) is 3.26. The van der Waals surface area contributed by atoms with Crippen LogP contribution in [0, 0.1) is 5.82 Å². The Morgan fingerprint density at radius 1 is 1.03 bits per heavy atom. The molecule has 1 unspecified atom stereocenters. The van der Waals surface area contributed by atoms with Crippen LogP contribution in [0.3, 0.4) is 0 Å². The van der Waals surface area contributed by atoms with Crippen LogP contribution in [-0.4, -0.2) is 74.6 Å². The first-order chi connectivity index (χ1) is 17.0. The van der Waals surface area contributed by atoms with Crippen LogP contribution >= 0.6 is 23.8 Å². The molecular weight excluding hydrogens is 485 g/mol. The number of anilines is 3. The number of nitrogens with zero attached hydrogens (tertiary/aromatic N) is 5. The number of hydrazone groups is 1. The SMILES string of the molecule is NC(=S)NN=Cc1cc(F)c(N2CCN(c3cccc(Cl)c3)CC2)cc1N1CCN2CCCC2C1. The molecule has 7 nitrogen and oxygen atoms in total. The van der Waals surface area contributed by atoms with Crippen molar-refractivity contribution < 1.29 is 4.39 Å². The van der Waals surface area contributed by atoms with Gasteiger partial charge in [-0.15, -0.1) is 0 Å². The van der Waals surface area contributed by atoms with Gasteiger partial charge < -0.3 is 20.4 Å². The summed E-state index contributed by atoms with van der Waals surface area (Å²) < 4.78 is 15.4. The number of thiocarbonyl (C=S) groups is 1. The van der Waals surface area contributed by atoms with Gasteiger partial charge in [-0.3, -0.25) is 10.3 Å². The lowest BCUT2D eigenvalue weighted by Gasteiger charge is -2.41. The van der Waals surface area contributed by atoms with E-state index in [2.05, 4.69) is 36.2 Å². The summed E-state index contributed by atoms with van der Waals surface area (Å²) in [6.07, 6.45) is 4.07. The molecule has 0 amide bonds. The summed E-state index contributed by atoms with van der Waals surface area (Å²) in [5, 5.41) is 4.93. The average molecular weight is 516 g/mol. The van der Waals surface area contributed by atoms with Crippen molar-refractivity contribution in [3.8, 4) is 0 Å². The van der Waals surface area contributed by atoms with Crippen LogP contribution in [0.2, 0.25) is 5.02 Å². The van der Waals surface area contributed by atoms with E-state index in [-0.39, 0.29) is 10.9 Å². The van der Waals surface area contributed by atoms with Gasteiger partial charge in [0.2, 0.25) is 0 Å². The number of hydrogen-bond donors (Lipinski definition) is 2. The molecule has 3 saturated heterocycles. The molecule has 3 aliphatic heterocycles. The van der Waals surface area contributed by atoms with E-state index in [0.29, 0.717) is 11.7 Å². The molecule has 186 valence electrons. The van der Waals surface area contributed by atoms with Crippen molar-refractivity contribution in [1.29, 1.82) is 0 Å². The summed E-state index contributed by atoms with van der Waals surface area (Å²) in [6, 6.07) is 12.0. The van der Waals surface area contributed by atoms with Gasteiger partial charge in [-0.2, -0.15) is 5.10 Å². The lowest BCUT2D eigenvalue weighted by atomic mass is 10.1. The Hall–Kier alpha value is -2.62. The van der Waals surface area contributed by atoms with Crippen molar-refractivity contribution >= 4 is 52.2 Å². The molecule has 0 aromatic heterocycles. The molecule has 35 heavy (non-hydrogen) atoms. The van der Waals surface area contributed by atoms with Gasteiger partial charge >= 0.3 is 0 Å². The minimum absolute atomic E-state index is 0.0806. The van der Waals surface area contributed by atoms with E-state index < -0.39 is 0 Å². The second-order valence-electron chi connectivity index (χ2n) is 9.33. The van der Waals surface area contributed by atoms with Crippen molar-refractivity contribution in [2.45, 2.75) is 18.9 Å². The lowest BCUT2D eigenvalue weighted by molar-refractivity contribution is 0.231. The zero-order valence-corrected chi connectivity index (χ0v) is 21.2. The number of halogens is 2. The molecule has 3 N–H and O–H groups in total. The van der Waals surface area contributed by atoms with Crippen LogP contribution in [0.4, 0.5) is 21.5 Å². The zero-order valence-electron chi connectivity index (χ0n) is 19.7. The molecule has 0 spiro atoms. The number of benzene rings is 2. The topological polar surface area (TPSA) is 63.4 Å². The van der Waals surface area contributed by atoms with Crippen molar-refractivity contribution in [2.24, 2.45) is 10.8 Å². The molecule has 10 heteroatoms. The number of hydrogen-bond acceptors (Lipinski definition) is 6. The summed E-state index contributed by atoms with van der Waals surface area (Å²) in [6.45, 7) is 7.12. The lowest BCUT2D eigenvalue weighted by Crippen LogP contribution is -2.50. The first-order valence-electron chi connectivity index (χ1n) is 12.1. The summed E-state index contributed by atoms with van der Waals surface area (Å²) in [5.74, 6) is -0.249. The smallest absolute Gasteiger partial charge is 0.184 e. The third-order valence-electron chi connectivity index (χ3n) is 7.20. The second-order valence-corrected chi connectivity index (χ2v) is 10.2. The number of fused-ring (bicyclic) bond motifs is 1. The van der Waals surface area contributed by atoms with E-state index in [0.717, 1.165) is 67.8 Å². The van der Waals surface area contributed by atoms with Gasteiger partial charge in [0.05, 0.1) is 11.9 Å². The first kappa shape index (κ1) is 24.1. The number of piperazine rings is 2. The normalized spacial score (nSPS) is 21.0. The van der Waals surface area contributed by atoms with Gasteiger partial charge in [0.25, 0.3) is 0 Å². The van der Waals surface area contributed by atoms with Crippen molar-refractivity contribution in [3.05, 3.63) is 52.8 Å². The molecule has 2 aromatic carbocycles. The predicted molar refractivity (Wildman–Crippen MR) is 147 cm³/mol. The molecule has 1 atom stereocenters. The summed E-state index contributed by atoms with van der Waals surface area (Å²) in [4.78, 5) is 9.38. The Bertz CT molecular complexity index is 1110. The summed E-state index contributed by atoms with van der Waals surface area (Å²) >= 11 is 11.0. The third kappa shape index (κ3) is 5.47. The summed E-state index contributed by atoms with van der Waals surface area (Å²) in [7, 11) is 0. The van der Waals surface area contributed by atoms with E-state index >= 15 is 4.39 Å². The van der Waals surface area contributed by atoms with E-state index in [4.69, 9.17) is 29.6 Å². The minimum atomic E-state index is -0.249. The number of nitrogens with two attached hydrogens (primary N) is 1. The molecule has 0 bridgehead atoms. The van der Waals surface area contributed by atoms with Crippen LogP contribution in [0.1, 0.15) is 18.4 Å². The standard InChI is InChI=1S/C25H31ClFN7S/c26-19-3-1-4-20(14-19)32-7-10-33(11-8-32)24-15-23(18(13-22(24)27)16-29-30-25(28)35)34-12-9-31-6-2-5-21(31)17-34/h1,3-4,13-16,21H,2,5-12,17H2,(H3,28,30,35). The maximum absolute atomic E-state index is 15.4. The Morgan fingerprint density at radius 3 is 2.57 bits per heavy atom. The van der Waals surface area contributed by atoms with Crippen molar-refractivity contribution in [1.82, 2.24) is 10.3 Å². The molecule has 2 aromatic rings. The minimum Gasteiger partial charge on any atom is -0.375 e. The fourth-order valence-corrected chi connectivity index (χ4v) is 5.68. The molecule has 5 rings (SSSR count). The van der Waals surface area contributed by atoms with Crippen LogP contribution in [-0.2, 0) is 0 Å². The van der Waals surface area contributed by atoms with Crippen LogP contribution in [0.15, 0.2) is 41.5 Å². The third-order valence-corrected chi connectivity index (χ3v) is 7.52. The summed E-state index contributed by atoms with van der Waals surface area (Å²) in [5.41, 5.74) is 11.6. The Balaban J connectivity index is 1.38. The number of rotatable bonds is 5. The van der Waals surface area contributed by atoms with Gasteiger partial charge in [0.15, 0.2) is 5.11 Å². The Morgan fingerprint density at radius 2 is 1.80 bits per heavy atom. The molecular formula is C25H31ClFN7S. The van der Waals surface area contributed by atoms with Gasteiger partial charge in [0, 0.05) is 73.8 Å². The highest BCUT2D eigenvalue weighted by atomic mass is 35.5. The molecule has 0 saturated carbocycles. The van der Waals surface area contributed by atoms with Gasteiger partial charge in [-0.25, -0.2) is 4.39 Å². The van der Waals surface area contributed by atoms with Gasteiger partial charge in [0.1, 0.15) is 5.82 Å². The van der Waals surface area contributed by atoms with E-state index in [1.165, 1.54) is 19.4 Å². The molecule has 3 aliphatic rings. The average Bonchev–Trinajstić information content (AvgIpc) is 3.32. The quantitative estimate of drug-likeness (QED) is 0.360. The van der Waals surface area contributed by atoms with E-state index in [1.807, 2.05) is 24.3 Å². The van der Waals surface area contributed by atoms with E-state index in [9.17, 15) is 0 Å². The molecule has 3 heterocycles. The fraction of sp³-hybridized carbons (Fsp3) is 0.440. The largest absolute Gasteiger partial charge is 0.375 e. The van der Waals surface area contributed by atoms with Crippen molar-refractivity contribution in [3.63, 3.8) is 0 Å². The van der Waals surface area contributed by atoms with Gasteiger partial charge in [-0.1, -0.05) is 17.7 Å². The first-order valence-corrected chi connectivity index (χ1v) is 12.9. The van der Waals surface area contributed by atoms with Gasteiger partial charge in [-0.05, 0) is 61.9 Å². The highest BCUT2D eigenvalue weighted by Gasteiger charge is 2.32. The molecule has 0 aliphatic carbocycles. The monoisotopic (exact) mass is 515 g/mol. The Kier molecular flexibility index (Phi) is 7.27. The fourth-order valence-electron chi connectivity index (χ4n) is 5.44. The van der Waals surface area contributed by atoms with Crippen LogP contribution in [0.25, 0.3) is 0 Å². The maximum Gasteiger partial charge on any atom is 0.184 e. The zero-order chi connectivity index (χ0) is 24.4. The van der Waals surface area contributed by atoms with Crippen molar-refractivity contribution in [2.75, 3.05) is 67.1 Å². The second kappa shape index (κ2) is 10.6. The molecule has 0 radical (unpaired) electrons. The highest BCUT2D eigenvalue weighted by molar-refractivity contribution is 7.80. The number of nitrogens with one attached hydrogen (secondary N) is 1. The highest BCUT2D eigenvalue weighted by Crippen LogP contribution is 2.33. The molecule has 3 fully saturated rings. The van der Waals surface area contributed by atoms with Crippen LogP contribution < -0.4 is 25.9 Å². The Labute approximate surface area is 216 Å². The van der Waals surface area contributed by atoms with Crippen LogP contribution in [0.5, 0.6) is 0 Å². The van der Waals surface area contributed by atoms with E-state index in [1.54, 1.807) is 12.3 Å². The maximum atomic E-state index is 15.4.